The molecule has 5 heterocycles. The number of rotatable bonds is 9. The predicted molar refractivity (Wildman–Crippen MR) is 213 cm³/mol. The lowest BCUT2D eigenvalue weighted by atomic mass is 9.95. The van der Waals surface area contributed by atoms with Crippen molar-refractivity contribution < 1.29 is 27.8 Å². The average molecular weight is 773 g/mol. The summed E-state index contributed by atoms with van der Waals surface area (Å²) >= 11 is 0. The van der Waals surface area contributed by atoms with E-state index >= 15 is 8.78 Å². The third-order valence-electron chi connectivity index (χ3n) is 12.6. The van der Waals surface area contributed by atoms with Crippen molar-refractivity contribution in [3.05, 3.63) is 54.0 Å². The Balaban J connectivity index is 1.37. The van der Waals surface area contributed by atoms with Crippen LogP contribution in [-0.4, -0.2) is 108 Å². The Labute approximate surface area is 322 Å². The minimum Gasteiger partial charge on any atom is -0.465 e. The van der Waals surface area contributed by atoms with E-state index in [1.807, 2.05) is 36.4 Å². The van der Waals surface area contributed by atoms with Gasteiger partial charge in [0.15, 0.2) is 5.82 Å². The third kappa shape index (κ3) is 6.79. The number of likely N-dealkylation sites (tertiary alicyclic amines) is 1. The van der Waals surface area contributed by atoms with Crippen molar-refractivity contribution in [1.82, 2.24) is 24.8 Å². The Bertz CT molecular complexity index is 2150. The van der Waals surface area contributed by atoms with Gasteiger partial charge in [0.25, 0.3) is 0 Å². The quantitative estimate of drug-likeness (QED) is 0.134. The summed E-state index contributed by atoms with van der Waals surface area (Å²) in [5.41, 5.74) is 5.97. The van der Waals surface area contributed by atoms with Crippen LogP contribution >= 0.6 is 0 Å². The summed E-state index contributed by atoms with van der Waals surface area (Å²) < 4.78 is 53.6. The van der Waals surface area contributed by atoms with Crippen molar-refractivity contribution >= 4 is 41.7 Å². The molecule has 3 aliphatic rings. The molecule has 9 nitrogen and oxygen atoms in total. The van der Waals surface area contributed by atoms with E-state index in [-0.39, 0.29) is 48.1 Å². The molecule has 3 fully saturated rings. The number of benzene rings is 2. The SMILES string of the molecule is CC(C)[Si](C#Cc1cccc2cccc(-c3ncc4c(N(C)[C@H]5CN(C(=O)O)C[C@H]5F)nc(OC[C@@]56CCCN5C[C@H](F)C6)nc4c3F)c12)(C(C)C)C(C)C. The molecule has 1 amide bonds. The molecule has 292 valence electrons. The van der Waals surface area contributed by atoms with Gasteiger partial charge in [-0.1, -0.05) is 77.8 Å². The third-order valence-corrected chi connectivity index (χ3v) is 18.9. The molecule has 3 saturated heterocycles. The fourth-order valence-electron chi connectivity index (χ4n) is 9.87. The van der Waals surface area contributed by atoms with Gasteiger partial charge in [-0.15, -0.1) is 5.54 Å². The van der Waals surface area contributed by atoms with E-state index < -0.39 is 43.9 Å². The molecule has 0 spiro atoms. The Morgan fingerprint density at radius 2 is 1.76 bits per heavy atom. The topological polar surface area (TPSA) is 94.9 Å². The van der Waals surface area contributed by atoms with Gasteiger partial charge in [0.2, 0.25) is 0 Å². The van der Waals surface area contributed by atoms with E-state index in [0.29, 0.717) is 35.2 Å². The average Bonchev–Trinajstić information content (AvgIpc) is 3.81. The second-order valence-electron chi connectivity index (χ2n) is 16.6. The molecule has 0 saturated carbocycles. The molecule has 0 bridgehead atoms. The molecule has 3 aliphatic heterocycles. The highest BCUT2D eigenvalue weighted by molar-refractivity contribution is 6.90. The van der Waals surface area contributed by atoms with E-state index in [9.17, 15) is 14.3 Å². The van der Waals surface area contributed by atoms with Crippen LogP contribution in [0.25, 0.3) is 32.9 Å². The molecule has 0 aliphatic carbocycles. The van der Waals surface area contributed by atoms with E-state index in [0.717, 1.165) is 40.6 Å². The molecule has 0 radical (unpaired) electrons. The largest absolute Gasteiger partial charge is 0.465 e. The van der Waals surface area contributed by atoms with E-state index in [1.54, 1.807) is 7.05 Å². The number of nitrogens with zero attached hydrogens (tertiary/aromatic N) is 6. The maximum atomic E-state index is 17.3. The zero-order valence-electron chi connectivity index (χ0n) is 32.7. The van der Waals surface area contributed by atoms with Crippen LogP contribution in [0, 0.1) is 17.3 Å². The van der Waals surface area contributed by atoms with Crippen molar-refractivity contribution in [3.8, 4) is 28.7 Å². The van der Waals surface area contributed by atoms with Crippen molar-refractivity contribution in [2.45, 2.75) is 101 Å². The Kier molecular flexibility index (Phi) is 10.5. The van der Waals surface area contributed by atoms with Crippen molar-refractivity contribution in [2.24, 2.45) is 0 Å². The van der Waals surface area contributed by atoms with Gasteiger partial charge in [-0.2, -0.15) is 9.97 Å². The standard InChI is InChI=1S/C42H51F3N6O3Si/c1-25(2)55(26(3)4,27(5)6)18-15-29-12-8-11-28-13-9-14-31(35(28)29)37-36(45)38-32(20-46-37)39(49(7)34-23-50(41(52)53)22-33(34)44)48-40(47-38)54-24-42-16-10-17-51(42)21-30(43)19-42/h8-9,11-14,20,25-27,30,33-34H,10,16-17,19,21-24H2,1-7H3,(H,52,53)/t30-,33-,34+,42+/m1/s1. The molecular formula is C42H51F3N6O3Si. The minimum atomic E-state index is -2.09. The number of carboxylic acid groups (broad SMARTS) is 1. The second-order valence-corrected chi connectivity index (χ2v) is 22.2. The van der Waals surface area contributed by atoms with Crippen LogP contribution in [0.15, 0.2) is 42.6 Å². The van der Waals surface area contributed by atoms with Crippen molar-refractivity contribution in [2.75, 3.05) is 44.7 Å². The normalized spacial score (nSPS) is 22.9. The molecule has 2 aromatic heterocycles. The molecule has 4 aromatic rings. The van der Waals surface area contributed by atoms with Gasteiger partial charge in [-0.25, -0.2) is 18.0 Å². The molecule has 13 heteroatoms. The zero-order chi connectivity index (χ0) is 39.4. The lowest BCUT2D eigenvalue weighted by Crippen LogP contribution is -2.43. The van der Waals surface area contributed by atoms with Gasteiger partial charge in [-0.3, -0.25) is 9.88 Å². The number of amides is 1. The summed E-state index contributed by atoms with van der Waals surface area (Å²) in [4.78, 5) is 30.3. The molecule has 1 N–H and O–H groups in total. The Morgan fingerprint density at radius 3 is 2.44 bits per heavy atom. The zero-order valence-corrected chi connectivity index (χ0v) is 33.7. The summed E-state index contributed by atoms with van der Waals surface area (Å²) in [6.07, 6.45) is -0.214. The summed E-state index contributed by atoms with van der Waals surface area (Å²) in [6, 6.07) is 10.6. The lowest BCUT2D eigenvalue weighted by Gasteiger charge is -2.38. The maximum absolute atomic E-state index is 17.3. The van der Waals surface area contributed by atoms with E-state index in [2.05, 4.69) is 72.9 Å². The van der Waals surface area contributed by atoms with Gasteiger partial charge in [0.1, 0.15) is 44.1 Å². The van der Waals surface area contributed by atoms with Gasteiger partial charge in [-0.05, 0) is 47.5 Å². The fourth-order valence-corrected chi connectivity index (χ4v) is 15.1. The minimum absolute atomic E-state index is 0.0673. The van der Waals surface area contributed by atoms with Gasteiger partial charge in [0.05, 0.1) is 23.5 Å². The Morgan fingerprint density at radius 1 is 1.05 bits per heavy atom. The first-order valence-electron chi connectivity index (χ1n) is 19.4. The van der Waals surface area contributed by atoms with Gasteiger partial charge < -0.3 is 19.6 Å². The molecule has 55 heavy (non-hydrogen) atoms. The number of fused-ring (bicyclic) bond motifs is 3. The number of hydrogen-bond acceptors (Lipinski definition) is 7. The predicted octanol–water partition coefficient (Wildman–Crippen LogP) is 8.65. The fraction of sp³-hybridized carbons (Fsp3) is 0.524. The molecular weight excluding hydrogens is 722 g/mol. The summed E-state index contributed by atoms with van der Waals surface area (Å²) in [5, 5.41) is 11.5. The summed E-state index contributed by atoms with van der Waals surface area (Å²) in [7, 11) is -0.491. The second kappa shape index (κ2) is 14.9. The highest BCUT2D eigenvalue weighted by Crippen LogP contribution is 2.43. The number of ether oxygens (including phenoxy) is 1. The first-order chi connectivity index (χ1) is 26.2. The van der Waals surface area contributed by atoms with Crippen LogP contribution in [0.2, 0.25) is 16.6 Å². The van der Waals surface area contributed by atoms with E-state index in [1.165, 1.54) is 11.1 Å². The van der Waals surface area contributed by atoms with Crippen LogP contribution in [0.5, 0.6) is 6.01 Å². The number of pyridine rings is 1. The molecule has 7 rings (SSSR count). The number of likely N-dealkylation sites (N-methyl/N-ethyl adjacent to an activating group) is 1. The van der Waals surface area contributed by atoms with E-state index in [4.69, 9.17) is 4.74 Å². The number of carbonyl (C=O) groups is 1. The number of aromatic nitrogens is 3. The summed E-state index contributed by atoms with van der Waals surface area (Å²) in [6.45, 7) is 14.5. The molecule has 0 unspecified atom stereocenters. The highest BCUT2D eigenvalue weighted by Gasteiger charge is 2.49. The van der Waals surface area contributed by atoms with Gasteiger partial charge in [0, 0.05) is 49.3 Å². The number of anilines is 1. The smallest absolute Gasteiger partial charge is 0.407 e. The van der Waals surface area contributed by atoms with Crippen LogP contribution in [0.3, 0.4) is 0 Å². The lowest BCUT2D eigenvalue weighted by molar-refractivity contribution is 0.107. The monoisotopic (exact) mass is 772 g/mol. The molecule has 4 atom stereocenters. The molecule has 2 aromatic carbocycles. The first kappa shape index (κ1) is 38.8. The number of hydrogen-bond donors (Lipinski definition) is 1. The van der Waals surface area contributed by atoms with Gasteiger partial charge >= 0.3 is 12.1 Å². The Hall–Kier alpha value is -4.41. The van der Waals surface area contributed by atoms with Crippen LogP contribution in [0.4, 0.5) is 23.8 Å². The van der Waals surface area contributed by atoms with Crippen molar-refractivity contribution in [1.29, 1.82) is 0 Å². The first-order valence-corrected chi connectivity index (χ1v) is 21.7. The van der Waals surface area contributed by atoms with Crippen LogP contribution in [0.1, 0.15) is 66.4 Å². The summed E-state index contributed by atoms with van der Waals surface area (Å²) in [5.74, 6) is 3.04. The maximum Gasteiger partial charge on any atom is 0.407 e. The van der Waals surface area contributed by atoms with Crippen LogP contribution in [-0.2, 0) is 0 Å². The van der Waals surface area contributed by atoms with Crippen LogP contribution < -0.4 is 9.64 Å². The number of halogens is 3. The van der Waals surface area contributed by atoms with Crippen molar-refractivity contribution in [3.63, 3.8) is 0 Å². The number of alkyl halides is 2. The highest BCUT2D eigenvalue weighted by atomic mass is 28.3.